The van der Waals surface area contributed by atoms with E-state index in [1.165, 1.54) is 24.3 Å². The molecule has 2 rings (SSSR count). The van der Waals surface area contributed by atoms with Crippen molar-refractivity contribution in [3.05, 3.63) is 42.7 Å². The fourth-order valence-electron chi connectivity index (χ4n) is 2.09. The van der Waals surface area contributed by atoms with E-state index in [0.29, 0.717) is 26.3 Å². The van der Waals surface area contributed by atoms with E-state index in [1.807, 2.05) is 0 Å². The van der Waals surface area contributed by atoms with Crippen molar-refractivity contribution in [2.24, 2.45) is 0 Å². The Morgan fingerprint density at radius 2 is 2.05 bits per heavy atom. The molecule has 1 heterocycles. The number of hydrogen-bond acceptors (Lipinski definition) is 4. The third-order valence-corrected chi connectivity index (χ3v) is 5.09. The van der Waals surface area contributed by atoms with Crippen LogP contribution in [0.25, 0.3) is 0 Å². The zero-order chi connectivity index (χ0) is 13.9. The first kappa shape index (κ1) is 14.2. The number of rotatable bonds is 4. The Morgan fingerprint density at radius 1 is 1.37 bits per heavy atom. The molecule has 0 N–H and O–H groups in total. The van der Waals surface area contributed by atoms with E-state index >= 15 is 0 Å². The molecule has 1 aliphatic rings. The second-order valence-electron chi connectivity index (χ2n) is 4.28. The topological polar surface area (TPSA) is 46.6 Å². The lowest BCUT2D eigenvalue weighted by Gasteiger charge is -2.32. The molecule has 19 heavy (non-hydrogen) atoms. The van der Waals surface area contributed by atoms with Gasteiger partial charge in [0.2, 0.25) is 0 Å². The standard InChI is InChI=1S/C13H16FNO3S/c1-2-13(15-6-8-18-9-7-15)19(16,17)12-5-3-4-11(14)10-12/h2-5,10,13H,1,6-9H2. The molecular weight excluding hydrogens is 269 g/mol. The zero-order valence-electron chi connectivity index (χ0n) is 10.5. The summed E-state index contributed by atoms with van der Waals surface area (Å²) in [5.41, 5.74) is 0. The van der Waals surface area contributed by atoms with E-state index < -0.39 is 21.0 Å². The molecule has 0 bridgehead atoms. The van der Waals surface area contributed by atoms with Crippen molar-refractivity contribution in [2.45, 2.75) is 10.3 Å². The number of hydrogen-bond donors (Lipinski definition) is 0. The molecule has 0 aliphatic carbocycles. The van der Waals surface area contributed by atoms with Gasteiger partial charge in [0.15, 0.2) is 9.84 Å². The fourth-order valence-corrected chi connectivity index (χ4v) is 3.77. The highest BCUT2D eigenvalue weighted by molar-refractivity contribution is 7.92. The Kier molecular flexibility index (Phi) is 4.34. The van der Waals surface area contributed by atoms with E-state index in [4.69, 9.17) is 4.74 Å². The van der Waals surface area contributed by atoms with Gasteiger partial charge in [0, 0.05) is 13.1 Å². The maximum absolute atomic E-state index is 13.2. The first-order valence-electron chi connectivity index (χ1n) is 5.99. The van der Waals surface area contributed by atoms with Gasteiger partial charge in [0.1, 0.15) is 11.2 Å². The van der Waals surface area contributed by atoms with Crippen LogP contribution in [0, 0.1) is 5.82 Å². The Labute approximate surface area is 112 Å². The van der Waals surface area contributed by atoms with Crippen molar-refractivity contribution >= 4 is 9.84 Å². The molecule has 0 amide bonds. The minimum Gasteiger partial charge on any atom is -0.379 e. The first-order chi connectivity index (χ1) is 9.05. The maximum Gasteiger partial charge on any atom is 0.198 e. The molecular formula is C13H16FNO3S. The van der Waals surface area contributed by atoms with Gasteiger partial charge in [-0.15, -0.1) is 6.58 Å². The van der Waals surface area contributed by atoms with Crippen LogP contribution in [-0.2, 0) is 14.6 Å². The van der Waals surface area contributed by atoms with Crippen LogP contribution in [0.1, 0.15) is 0 Å². The van der Waals surface area contributed by atoms with Gasteiger partial charge in [0.25, 0.3) is 0 Å². The Morgan fingerprint density at radius 3 is 2.63 bits per heavy atom. The van der Waals surface area contributed by atoms with Crippen LogP contribution >= 0.6 is 0 Å². The summed E-state index contributed by atoms with van der Waals surface area (Å²) in [5.74, 6) is -0.564. The molecule has 1 aromatic carbocycles. The number of sulfone groups is 1. The molecule has 104 valence electrons. The molecule has 4 nitrogen and oxygen atoms in total. The Bertz CT molecular complexity index is 553. The number of halogens is 1. The molecule has 0 spiro atoms. The maximum atomic E-state index is 13.2. The lowest BCUT2D eigenvalue weighted by Crippen LogP contribution is -2.46. The van der Waals surface area contributed by atoms with Crippen molar-refractivity contribution in [1.29, 1.82) is 0 Å². The van der Waals surface area contributed by atoms with Crippen molar-refractivity contribution in [3.8, 4) is 0 Å². The van der Waals surface area contributed by atoms with Crippen LogP contribution in [0.5, 0.6) is 0 Å². The van der Waals surface area contributed by atoms with Crippen LogP contribution in [0.4, 0.5) is 4.39 Å². The molecule has 1 saturated heterocycles. The number of morpholine rings is 1. The average Bonchev–Trinajstić information content (AvgIpc) is 2.40. The predicted octanol–water partition coefficient (Wildman–Crippen LogP) is 1.44. The average molecular weight is 285 g/mol. The van der Waals surface area contributed by atoms with E-state index in [9.17, 15) is 12.8 Å². The van der Waals surface area contributed by atoms with E-state index in [1.54, 1.807) is 4.90 Å². The smallest absolute Gasteiger partial charge is 0.198 e. The normalized spacial score (nSPS) is 19.0. The van der Waals surface area contributed by atoms with Crippen LogP contribution in [0.2, 0.25) is 0 Å². The van der Waals surface area contributed by atoms with Crippen molar-refractivity contribution in [1.82, 2.24) is 4.90 Å². The molecule has 1 aromatic rings. The predicted molar refractivity (Wildman–Crippen MR) is 70.0 cm³/mol. The highest BCUT2D eigenvalue weighted by atomic mass is 32.2. The monoisotopic (exact) mass is 285 g/mol. The number of benzene rings is 1. The van der Waals surface area contributed by atoms with E-state index in [-0.39, 0.29) is 4.90 Å². The molecule has 0 radical (unpaired) electrons. The second-order valence-corrected chi connectivity index (χ2v) is 6.32. The number of ether oxygens (including phenoxy) is 1. The van der Waals surface area contributed by atoms with Gasteiger partial charge in [-0.25, -0.2) is 12.8 Å². The molecule has 1 unspecified atom stereocenters. The summed E-state index contributed by atoms with van der Waals surface area (Å²) in [4.78, 5) is 1.75. The van der Waals surface area contributed by atoms with Crippen molar-refractivity contribution < 1.29 is 17.5 Å². The minimum absolute atomic E-state index is 0.0242. The lowest BCUT2D eigenvalue weighted by molar-refractivity contribution is 0.0374. The number of nitrogens with zero attached hydrogens (tertiary/aromatic N) is 1. The summed E-state index contributed by atoms with van der Waals surface area (Å²) in [5, 5.41) is -0.849. The Balaban J connectivity index is 2.32. The van der Waals surface area contributed by atoms with Gasteiger partial charge in [-0.3, -0.25) is 4.90 Å². The molecule has 6 heteroatoms. The van der Waals surface area contributed by atoms with Crippen LogP contribution in [0.3, 0.4) is 0 Å². The fraction of sp³-hybridized carbons (Fsp3) is 0.385. The molecule has 1 fully saturated rings. The summed E-state index contributed by atoms with van der Waals surface area (Å²) < 4.78 is 43.4. The van der Waals surface area contributed by atoms with Crippen LogP contribution in [-0.4, -0.2) is 45.0 Å². The molecule has 0 aromatic heterocycles. The molecule has 0 saturated carbocycles. The van der Waals surface area contributed by atoms with Gasteiger partial charge >= 0.3 is 0 Å². The van der Waals surface area contributed by atoms with Gasteiger partial charge in [-0.2, -0.15) is 0 Å². The summed E-state index contributed by atoms with van der Waals surface area (Å²) in [6.45, 7) is 5.61. The third-order valence-electron chi connectivity index (χ3n) is 3.05. The Hall–Kier alpha value is -1.24. The largest absolute Gasteiger partial charge is 0.379 e. The van der Waals surface area contributed by atoms with Gasteiger partial charge in [-0.1, -0.05) is 12.1 Å². The summed E-state index contributed by atoms with van der Waals surface area (Å²) >= 11 is 0. The highest BCUT2D eigenvalue weighted by Gasteiger charge is 2.31. The summed E-state index contributed by atoms with van der Waals surface area (Å²) in [6, 6.07) is 5.04. The van der Waals surface area contributed by atoms with Gasteiger partial charge in [0.05, 0.1) is 18.1 Å². The zero-order valence-corrected chi connectivity index (χ0v) is 11.3. The van der Waals surface area contributed by atoms with E-state index in [2.05, 4.69) is 6.58 Å². The van der Waals surface area contributed by atoms with Crippen molar-refractivity contribution in [3.63, 3.8) is 0 Å². The summed E-state index contributed by atoms with van der Waals surface area (Å²) in [6.07, 6.45) is 1.38. The third kappa shape index (κ3) is 3.02. The summed E-state index contributed by atoms with van der Waals surface area (Å²) in [7, 11) is -3.66. The lowest BCUT2D eigenvalue weighted by atomic mass is 10.3. The van der Waals surface area contributed by atoms with Crippen LogP contribution < -0.4 is 0 Å². The van der Waals surface area contributed by atoms with Gasteiger partial charge in [-0.05, 0) is 18.2 Å². The van der Waals surface area contributed by atoms with Gasteiger partial charge < -0.3 is 4.74 Å². The quantitative estimate of drug-likeness (QED) is 0.786. The SMILES string of the molecule is C=CC(N1CCOCC1)S(=O)(=O)c1cccc(F)c1. The second kappa shape index (κ2) is 5.81. The van der Waals surface area contributed by atoms with Crippen molar-refractivity contribution in [2.75, 3.05) is 26.3 Å². The molecule has 1 aliphatic heterocycles. The first-order valence-corrected chi connectivity index (χ1v) is 7.54. The minimum atomic E-state index is -3.66. The van der Waals surface area contributed by atoms with E-state index in [0.717, 1.165) is 6.07 Å². The van der Waals surface area contributed by atoms with Crippen LogP contribution in [0.15, 0.2) is 41.8 Å². The molecule has 1 atom stereocenters. The highest BCUT2D eigenvalue weighted by Crippen LogP contribution is 2.21.